The van der Waals surface area contributed by atoms with Gasteiger partial charge in [0.15, 0.2) is 46.6 Å². The first-order valence-corrected chi connectivity index (χ1v) is 18.9. The van der Waals surface area contributed by atoms with Crippen molar-refractivity contribution in [3.8, 4) is 91.1 Å². The largest absolute Gasteiger partial charge is 0.213 e. The van der Waals surface area contributed by atoms with E-state index in [4.69, 9.17) is 44.9 Å². The molecule has 0 spiro atoms. The molecular weight excluding hydrogens is 722 g/mol. The van der Waals surface area contributed by atoms with Gasteiger partial charge in [-0.25, -0.2) is 49.2 Å². The van der Waals surface area contributed by atoms with Crippen LogP contribution in [-0.2, 0) is 0 Å². The predicted molar refractivity (Wildman–Crippen MR) is 224 cm³/mol. The van der Waals surface area contributed by atoms with E-state index in [1.807, 2.05) is 140 Å². The van der Waals surface area contributed by atoms with Gasteiger partial charge >= 0.3 is 0 Å². The van der Waals surface area contributed by atoms with Crippen molar-refractivity contribution in [2.24, 2.45) is 0 Å². The minimum Gasteiger partial charge on any atom is -0.213 e. The molecule has 0 saturated carbocycles. The zero-order valence-electron chi connectivity index (χ0n) is 31.6. The molecule has 9 nitrogen and oxygen atoms in total. The third-order valence-electron chi connectivity index (χ3n) is 9.40. The Balaban J connectivity index is 1.15. The summed E-state index contributed by atoms with van der Waals surface area (Å²) < 4.78 is 13.9. The molecule has 0 aliphatic carbocycles. The second-order valence-electron chi connectivity index (χ2n) is 13.9. The van der Waals surface area contributed by atoms with Crippen LogP contribution in [0.1, 0.15) is 25.6 Å². The van der Waals surface area contributed by atoms with Gasteiger partial charge in [0.05, 0.1) is 0 Å². The van der Waals surface area contributed by atoms with Gasteiger partial charge in [0.25, 0.3) is 0 Å². The third-order valence-corrected chi connectivity index (χ3v) is 9.40. The third kappa shape index (κ3) is 7.71. The number of hydrogen-bond acceptors (Lipinski definition) is 9. The van der Waals surface area contributed by atoms with E-state index in [-0.39, 0.29) is 11.7 Å². The average molecular weight is 756 g/mol. The second-order valence-corrected chi connectivity index (χ2v) is 13.9. The molecule has 278 valence electrons. The number of rotatable bonds is 9. The highest BCUT2D eigenvalue weighted by atomic mass is 19.1. The minimum absolute atomic E-state index is 0.0969. The van der Waals surface area contributed by atoms with Gasteiger partial charge in [-0.15, -0.1) is 0 Å². The number of halogens is 1. The van der Waals surface area contributed by atoms with Crippen LogP contribution in [0.3, 0.4) is 0 Å². The van der Waals surface area contributed by atoms with Crippen molar-refractivity contribution in [2.45, 2.75) is 19.8 Å². The Morgan fingerprint density at radius 3 is 0.879 bits per heavy atom. The molecule has 9 rings (SSSR count). The molecule has 0 bridgehead atoms. The van der Waals surface area contributed by atoms with E-state index in [1.54, 1.807) is 12.1 Å². The normalized spacial score (nSPS) is 11.2. The quantitative estimate of drug-likeness (QED) is 0.142. The number of benzene rings is 6. The molecule has 0 radical (unpaired) electrons. The van der Waals surface area contributed by atoms with Crippen LogP contribution in [0.4, 0.5) is 4.39 Å². The Hall–Kier alpha value is -7.72. The highest BCUT2D eigenvalue weighted by Gasteiger charge is 2.18. The maximum Gasteiger partial charge on any atom is 0.164 e. The molecule has 0 N–H and O–H groups in total. The van der Waals surface area contributed by atoms with Crippen LogP contribution < -0.4 is 0 Å². The zero-order chi connectivity index (χ0) is 39.4. The SMILES string of the molecule is CC(C)c1nc(-c2ccccc2)nc(-c2cccc(-c3nc(-c4ccccc4)nc(-c4cccc(-c5nc(-c6ccccc6)nc(-c6ccc(F)cc6)n5)c4)n3)c2)n1. The van der Waals surface area contributed by atoms with E-state index >= 15 is 0 Å². The number of aromatic nitrogens is 9. The van der Waals surface area contributed by atoms with Crippen LogP contribution in [0.25, 0.3) is 91.1 Å². The summed E-state index contributed by atoms with van der Waals surface area (Å²) in [4.78, 5) is 44.1. The van der Waals surface area contributed by atoms with Crippen LogP contribution >= 0.6 is 0 Å². The minimum atomic E-state index is -0.338. The summed E-state index contributed by atoms with van der Waals surface area (Å²) in [5.74, 6) is 4.52. The van der Waals surface area contributed by atoms with Crippen molar-refractivity contribution >= 4 is 0 Å². The lowest BCUT2D eigenvalue weighted by atomic mass is 10.1. The fraction of sp³-hybridized carbons (Fsp3) is 0.0625. The number of hydrogen-bond donors (Lipinski definition) is 0. The fourth-order valence-electron chi connectivity index (χ4n) is 6.39. The molecule has 0 saturated heterocycles. The van der Waals surface area contributed by atoms with Gasteiger partial charge in [0, 0.05) is 50.4 Å². The highest BCUT2D eigenvalue weighted by Crippen LogP contribution is 2.31. The maximum absolute atomic E-state index is 13.9. The van der Waals surface area contributed by atoms with Gasteiger partial charge in [-0.05, 0) is 36.4 Å². The van der Waals surface area contributed by atoms with Crippen molar-refractivity contribution in [2.75, 3.05) is 0 Å². The van der Waals surface area contributed by atoms with Gasteiger partial charge in [-0.1, -0.05) is 141 Å². The first-order valence-electron chi connectivity index (χ1n) is 18.9. The summed E-state index contributed by atoms with van der Waals surface area (Å²) in [6.45, 7) is 4.15. The van der Waals surface area contributed by atoms with Crippen LogP contribution in [-0.4, -0.2) is 44.9 Å². The van der Waals surface area contributed by atoms with Crippen molar-refractivity contribution in [1.29, 1.82) is 0 Å². The first-order chi connectivity index (χ1) is 28.4. The van der Waals surface area contributed by atoms with Gasteiger partial charge in [0.1, 0.15) is 11.6 Å². The summed E-state index contributed by atoms with van der Waals surface area (Å²) in [5, 5.41) is 0. The maximum atomic E-state index is 13.9. The van der Waals surface area contributed by atoms with Crippen molar-refractivity contribution in [3.05, 3.63) is 175 Å². The Kier molecular flexibility index (Phi) is 9.79. The lowest BCUT2D eigenvalue weighted by Gasteiger charge is -2.12. The summed E-state index contributed by atoms with van der Waals surface area (Å²) in [6, 6.07) is 51.3. The van der Waals surface area contributed by atoms with E-state index in [9.17, 15) is 4.39 Å². The van der Waals surface area contributed by atoms with Crippen molar-refractivity contribution in [1.82, 2.24) is 44.9 Å². The topological polar surface area (TPSA) is 116 Å². The Morgan fingerprint density at radius 2 is 0.552 bits per heavy atom. The van der Waals surface area contributed by atoms with Crippen molar-refractivity contribution < 1.29 is 4.39 Å². The van der Waals surface area contributed by atoms with E-state index in [1.165, 1.54) is 12.1 Å². The summed E-state index contributed by atoms with van der Waals surface area (Å²) >= 11 is 0. The first kappa shape index (κ1) is 35.9. The zero-order valence-corrected chi connectivity index (χ0v) is 31.6. The van der Waals surface area contributed by atoms with Gasteiger partial charge in [-0.3, -0.25) is 0 Å². The van der Waals surface area contributed by atoms with Crippen molar-refractivity contribution in [3.63, 3.8) is 0 Å². The molecule has 9 aromatic rings. The average Bonchev–Trinajstić information content (AvgIpc) is 3.29. The van der Waals surface area contributed by atoms with Crippen LogP contribution in [0.15, 0.2) is 164 Å². The number of nitrogens with zero attached hydrogens (tertiary/aromatic N) is 9. The van der Waals surface area contributed by atoms with Gasteiger partial charge in [0.2, 0.25) is 0 Å². The molecular formula is C48H34FN9. The van der Waals surface area contributed by atoms with E-state index in [0.29, 0.717) is 58.0 Å². The lowest BCUT2D eigenvalue weighted by molar-refractivity contribution is 0.628. The standard InChI is InChI=1S/C48H34FN9/c1-30(2)40-50-41(31-14-6-3-7-15-31)53-45(51-40)35-20-12-22-37(28-35)47-55-43(33-18-10-5-11-19-33)56-48(58-47)38-23-13-21-36(29-38)46-54-42(32-16-8-4-9-17-32)52-44(57-46)34-24-26-39(49)27-25-34/h3-30H,1-2H3. The Labute approximate surface area is 334 Å². The van der Waals surface area contributed by atoms with Crippen LogP contribution in [0.2, 0.25) is 0 Å². The molecule has 0 aliphatic heterocycles. The summed E-state index contributed by atoms with van der Waals surface area (Å²) in [6.07, 6.45) is 0. The lowest BCUT2D eigenvalue weighted by Crippen LogP contribution is -2.05. The summed E-state index contributed by atoms with van der Waals surface area (Å²) in [7, 11) is 0. The molecule has 3 aromatic heterocycles. The molecule has 0 unspecified atom stereocenters. The molecule has 0 atom stereocenters. The fourth-order valence-corrected chi connectivity index (χ4v) is 6.39. The molecule has 0 fully saturated rings. The Bertz CT molecular complexity index is 2870. The molecule has 58 heavy (non-hydrogen) atoms. The monoisotopic (exact) mass is 755 g/mol. The summed E-state index contributed by atoms with van der Waals surface area (Å²) in [5.41, 5.74) is 6.32. The van der Waals surface area contributed by atoms with Gasteiger partial charge < -0.3 is 0 Å². The second kappa shape index (κ2) is 15.8. The van der Waals surface area contributed by atoms with E-state index < -0.39 is 0 Å². The van der Waals surface area contributed by atoms with E-state index in [2.05, 4.69) is 13.8 Å². The van der Waals surface area contributed by atoms with Crippen LogP contribution in [0.5, 0.6) is 0 Å². The molecule has 10 heteroatoms. The predicted octanol–water partition coefficient (Wildman–Crippen LogP) is 10.8. The molecule has 0 aliphatic rings. The van der Waals surface area contributed by atoms with Crippen LogP contribution in [0, 0.1) is 5.82 Å². The molecule has 6 aromatic carbocycles. The molecule has 3 heterocycles. The highest BCUT2D eigenvalue weighted by molar-refractivity contribution is 5.74. The van der Waals surface area contributed by atoms with Gasteiger partial charge in [-0.2, -0.15) is 0 Å². The Morgan fingerprint density at radius 1 is 0.293 bits per heavy atom. The molecule has 0 amide bonds. The van der Waals surface area contributed by atoms with E-state index in [0.717, 1.165) is 38.9 Å². The smallest absolute Gasteiger partial charge is 0.164 e.